The molecule has 9 heteroatoms. The summed E-state index contributed by atoms with van der Waals surface area (Å²) in [5, 5.41) is 10.8. The lowest BCUT2D eigenvalue weighted by Gasteiger charge is -2.36. The molecule has 3 aromatic carbocycles. The van der Waals surface area contributed by atoms with Crippen molar-refractivity contribution in [2.24, 2.45) is 0 Å². The highest BCUT2D eigenvalue weighted by atomic mass is 32.2. The number of carbonyl (C=O) groups excluding carboxylic acids is 1. The first-order chi connectivity index (χ1) is 19.2. The standard InChI is InChI=1S/C30H25N7OS/c31-19-23-27(21-9-3-1-4-10-21)34-30(39-20-26-32-24-13-7-8-14-25(24)33-26)35-28(23)36-15-17-37(18-16-36)29(38)22-11-5-2-6-12-22/h1-14H,15-18,20H2,(H,32,33). The van der Waals surface area contributed by atoms with Gasteiger partial charge in [-0.15, -0.1) is 0 Å². The normalized spacial score (nSPS) is 13.4. The van der Waals surface area contributed by atoms with Gasteiger partial charge in [0.05, 0.1) is 22.5 Å². The Balaban J connectivity index is 1.28. The van der Waals surface area contributed by atoms with E-state index in [1.807, 2.05) is 89.8 Å². The summed E-state index contributed by atoms with van der Waals surface area (Å²) < 4.78 is 0. The number of para-hydroxylation sites is 2. The van der Waals surface area contributed by atoms with Crippen LogP contribution in [-0.2, 0) is 5.75 Å². The lowest BCUT2D eigenvalue weighted by molar-refractivity contribution is 0.0746. The Hall–Kier alpha value is -4.68. The van der Waals surface area contributed by atoms with Gasteiger partial charge in [-0.05, 0) is 24.3 Å². The quantitative estimate of drug-likeness (QED) is 0.239. The summed E-state index contributed by atoms with van der Waals surface area (Å²) in [5.74, 6) is 2.02. The number of hydrogen-bond donors (Lipinski definition) is 1. The monoisotopic (exact) mass is 531 g/mol. The number of aromatic amines is 1. The van der Waals surface area contributed by atoms with Crippen LogP contribution >= 0.6 is 11.8 Å². The van der Waals surface area contributed by atoms with E-state index in [-0.39, 0.29) is 5.91 Å². The van der Waals surface area contributed by atoms with Crippen molar-refractivity contribution >= 4 is 34.5 Å². The molecule has 0 radical (unpaired) electrons. The SMILES string of the molecule is N#Cc1c(-c2ccccc2)nc(SCc2nc3ccccc3[nH]2)nc1N1CCN(C(=O)c2ccccc2)CC1. The van der Waals surface area contributed by atoms with Crippen LogP contribution in [-0.4, -0.2) is 56.9 Å². The molecule has 2 aromatic heterocycles. The summed E-state index contributed by atoms with van der Waals surface area (Å²) in [6.45, 7) is 2.24. The molecule has 5 aromatic rings. The average Bonchev–Trinajstić information content (AvgIpc) is 3.43. The fraction of sp³-hybridized carbons (Fsp3) is 0.167. The van der Waals surface area contributed by atoms with Gasteiger partial charge in [0.1, 0.15) is 17.5 Å². The van der Waals surface area contributed by atoms with Crippen LogP contribution in [0.1, 0.15) is 21.7 Å². The van der Waals surface area contributed by atoms with Gasteiger partial charge in [-0.25, -0.2) is 15.0 Å². The number of carbonyl (C=O) groups is 1. The first-order valence-electron chi connectivity index (χ1n) is 12.7. The van der Waals surface area contributed by atoms with E-state index in [2.05, 4.69) is 20.9 Å². The number of nitrogens with one attached hydrogen (secondary N) is 1. The number of rotatable bonds is 6. The third-order valence-electron chi connectivity index (χ3n) is 6.69. The summed E-state index contributed by atoms with van der Waals surface area (Å²) in [7, 11) is 0. The highest BCUT2D eigenvalue weighted by Crippen LogP contribution is 2.32. The van der Waals surface area contributed by atoms with E-state index in [1.165, 1.54) is 11.8 Å². The van der Waals surface area contributed by atoms with Crippen molar-refractivity contribution in [1.29, 1.82) is 5.26 Å². The van der Waals surface area contributed by atoms with Crippen molar-refractivity contribution in [1.82, 2.24) is 24.8 Å². The Morgan fingerprint density at radius 3 is 2.28 bits per heavy atom. The molecule has 192 valence electrons. The predicted molar refractivity (Wildman–Crippen MR) is 152 cm³/mol. The van der Waals surface area contributed by atoms with Crippen LogP contribution < -0.4 is 4.90 Å². The Morgan fingerprint density at radius 1 is 0.872 bits per heavy atom. The van der Waals surface area contributed by atoms with Gasteiger partial charge in [0.2, 0.25) is 0 Å². The number of aromatic nitrogens is 4. The van der Waals surface area contributed by atoms with Gasteiger partial charge < -0.3 is 14.8 Å². The Kier molecular flexibility index (Phi) is 6.93. The summed E-state index contributed by atoms with van der Waals surface area (Å²) in [6.07, 6.45) is 0. The Morgan fingerprint density at radius 2 is 1.56 bits per heavy atom. The first kappa shape index (κ1) is 24.6. The molecule has 39 heavy (non-hydrogen) atoms. The minimum absolute atomic E-state index is 0.0190. The van der Waals surface area contributed by atoms with E-state index >= 15 is 0 Å². The zero-order chi connectivity index (χ0) is 26.6. The molecule has 6 rings (SSSR count). The third kappa shape index (κ3) is 5.19. The maximum Gasteiger partial charge on any atom is 0.253 e. The van der Waals surface area contributed by atoms with Crippen LogP contribution in [0.15, 0.2) is 90.1 Å². The van der Waals surface area contributed by atoms with Gasteiger partial charge in [0, 0.05) is 37.3 Å². The minimum Gasteiger partial charge on any atom is -0.352 e. The predicted octanol–water partition coefficient (Wildman–Crippen LogP) is 5.15. The van der Waals surface area contributed by atoms with Crippen LogP contribution in [0.2, 0.25) is 0 Å². The fourth-order valence-corrected chi connectivity index (χ4v) is 5.43. The molecule has 1 aliphatic heterocycles. The molecular formula is C30H25N7OS. The largest absolute Gasteiger partial charge is 0.352 e. The lowest BCUT2D eigenvalue weighted by Crippen LogP contribution is -2.49. The van der Waals surface area contributed by atoms with Crippen molar-refractivity contribution in [2.75, 3.05) is 31.1 Å². The second kappa shape index (κ2) is 11.0. The number of fused-ring (bicyclic) bond motifs is 1. The summed E-state index contributed by atoms with van der Waals surface area (Å²) in [4.78, 5) is 34.6. The van der Waals surface area contributed by atoms with Gasteiger partial charge in [-0.3, -0.25) is 4.79 Å². The number of benzene rings is 3. The van der Waals surface area contributed by atoms with Gasteiger partial charge >= 0.3 is 0 Å². The molecule has 0 bridgehead atoms. The number of nitriles is 1. The van der Waals surface area contributed by atoms with E-state index in [9.17, 15) is 10.1 Å². The average molecular weight is 532 g/mol. The number of nitrogens with zero attached hydrogens (tertiary/aromatic N) is 6. The number of imidazole rings is 1. The van der Waals surface area contributed by atoms with E-state index in [0.29, 0.717) is 59.7 Å². The van der Waals surface area contributed by atoms with Crippen LogP contribution in [0.3, 0.4) is 0 Å². The van der Waals surface area contributed by atoms with Gasteiger partial charge in [0.25, 0.3) is 5.91 Å². The zero-order valence-corrected chi connectivity index (χ0v) is 21.9. The first-order valence-corrected chi connectivity index (χ1v) is 13.7. The van der Waals surface area contributed by atoms with E-state index in [1.54, 1.807) is 0 Å². The number of hydrogen-bond acceptors (Lipinski definition) is 7. The second-order valence-electron chi connectivity index (χ2n) is 9.17. The molecule has 3 heterocycles. The molecular weight excluding hydrogens is 506 g/mol. The van der Waals surface area contributed by atoms with Crippen LogP contribution in [0.5, 0.6) is 0 Å². The molecule has 1 amide bonds. The van der Waals surface area contributed by atoms with E-state index in [0.717, 1.165) is 22.4 Å². The number of H-pyrrole nitrogens is 1. The molecule has 1 fully saturated rings. The molecule has 0 spiro atoms. The minimum atomic E-state index is 0.0190. The topological polar surface area (TPSA) is 102 Å². The summed E-state index contributed by atoms with van der Waals surface area (Å²) in [6, 6.07) is 29.3. The van der Waals surface area contributed by atoms with Crippen molar-refractivity contribution < 1.29 is 4.79 Å². The molecule has 1 saturated heterocycles. The van der Waals surface area contributed by atoms with Crippen molar-refractivity contribution in [3.63, 3.8) is 0 Å². The number of thioether (sulfide) groups is 1. The summed E-state index contributed by atoms with van der Waals surface area (Å²) >= 11 is 1.48. The maximum atomic E-state index is 13.0. The molecule has 0 atom stereocenters. The zero-order valence-electron chi connectivity index (χ0n) is 21.1. The summed E-state index contributed by atoms with van der Waals surface area (Å²) in [5.41, 5.74) is 4.50. The number of amides is 1. The Labute approximate surface area is 230 Å². The van der Waals surface area contributed by atoms with Gasteiger partial charge in [0.15, 0.2) is 11.0 Å². The van der Waals surface area contributed by atoms with Crippen LogP contribution in [0.25, 0.3) is 22.3 Å². The highest BCUT2D eigenvalue weighted by molar-refractivity contribution is 7.98. The Bertz CT molecular complexity index is 1620. The molecule has 8 nitrogen and oxygen atoms in total. The van der Waals surface area contributed by atoms with Gasteiger partial charge in [-0.2, -0.15) is 5.26 Å². The number of piperazine rings is 1. The molecule has 0 aliphatic carbocycles. The van der Waals surface area contributed by atoms with Crippen LogP contribution in [0, 0.1) is 11.3 Å². The molecule has 1 aliphatic rings. The fourth-order valence-electron chi connectivity index (χ4n) is 4.72. The van der Waals surface area contributed by atoms with E-state index < -0.39 is 0 Å². The molecule has 0 saturated carbocycles. The molecule has 1 N–H and O–H groups in total. The maximum absolute atomic E-state index is 13.0. The van der Waals surface area contributed by atoms with Gasteiger partial charge in [-0.1, -0.05) is 72.4 Å². The lowest BCUT2D eigenvalue weighted by atomic mass is 10.1. The van der Waals surface area contributed by atoms with Crippen molar-refractivity contribution in [2.45, 2.75) is 10.9 Å². The molecule has 0 unspecified atom stereocenters. The van der Waals surface area contributed by atoms with E-state index in [4.69, 9.17) is 9.97 Å². The van der Waals surface area contributed by atoms with Crippen molar-refractivity contribution in [3.05, 3.63) is 102 Å². The highest BCUT2D eigenvalue weighted by Gasteiger charge is 2.27. The van der Waals surface area contributed by atoms with Crippen molar-refractivity contribution in [3.8, 4) is 17.3 Å². The second-order valence-corrected chi connectivity index (χ2v) is 10.1. The third-order valence-corrected chi connectivity index (χ3v) is 7.55. The van der Waals surface area contributed by atoms with Crippen LogP contribution in [0.4, 0.5) is 5.82 Å². The smallest absolute Gasteiger partial charge is 0.253 e. The number of anilines is 1.